The molecule has 0 radical (unpaired) electrons. The summed E-state index contributed by atoms with van der Waals surface area (Å²) in [6.45, 7) is 1.22. The molecule has 0 fully saturated rings. The van der Waals surface area contributed by atoms with Gasteiger partial charge in [0.05, 0.1) is 16.1 Å². The Morgan fingerprint density at radius 1 is 1.19 bits per heavy atom. The van der Waals surface area contributed by atoms with E-state index in [1.54, 1.807) is 19.1 Å². The first kappa shape index (κ1) is 18.5. The zero-order valence-corrected chi connectivity index (χ0v) is 13.6. The summed E-state index contributed by atoms with van der Waals surface area (Å²) < 4.78 is 5.15. The monoisotopic (exact) mass is 358 g/mol. The number of hydrogen-bond donors (Lipinski definition) is 1. The van der Waals surface area contributed by atoms with Crippen molar-refractivity contribution in [1.29, 1.82) is 0 Å². The number of carbonyl (C=O) groups excluding carboxylic acids is 1. The van der Waals surface area contributed by atoms with Gasteiger partial charge in [-0.3, -0.25) is 25.0 Å². The summed E-state index contributed by atoms with van der Waals surface area (Å²) in [5, 5.41) is 25.3. The fourth-order valence-electron chi connectivity index (χ4n) is 1.97. The molecule has 0 aromatic heterocycles. The lowest BCUT2D eigenvalue weighted by Crippen LogP contribution is -2.24. The Morgan fingerprint density at radius 3 is 2.65 bits per heavy atom. The van der Waals surface area contributed by atoms with Gasteiger partial charge in [0.15, 0.2) is 12.4 Å². The van der Waals surface area contributed by atoms with Gasteiger partial charge in [-0.2, -0.15) is 5.10 Å². The minimum atomic E-state index is -0.637. The number of nitro benzene ring substituents is 2. The van der Waals surface area contributed by atoms with E-state index in [0.29, 0.717) is 11.1 Å². The van der Waals surface area contributed by atoms with Crippen LogP contribution in [0.4, 0.5) is 11.4 Å². The summed E-state index contributed by atoms with van der Waals surface area (Å²) in [5.41, 5.74) is 2.95. The molecule has 1 amide bonds. The van der Waals surface area contributed by atoms with Crippen LogP contribution in [-0.2, 0) is 4.79 Å². The summed E-state index contributed by atoms with van der Waals surface area (Å²) in [6.07, 6.45) is 1.24. The van der Waals surface area contributed by atoms with E-state index in [9.17, 15) is 25.0 Å². The first-order valence-corrected chi connectivity index (χ1v) is 7.31. The molecule has 0 aliphatic heterocycles. The molecule has 0 atom stereocenters. The largest absolute Gasteiger partial charge is 0.477 e. The Kier molecular flexibility index (Phi) is 5.93. The van der Waals surface area contributed by atoms with Crippen molar-refractivity contribution in [2.75, 3.05) is 6.61 Å². The summed E-state index contributed by atoms with van der Waals surface area (Å²) in [5.74, 6) is -0.667. The Bertz CT molecular complexity index is 881. The molecule has 2 aromatic rings. The lowest BCUT2D eigenvalue weighted by atomic mass is 10.2. The molecule has 0 aliphatic rings. The highest BCUT2D eigenvalue weighted by Gasteiger charge is 2.16. The van der Waals surface area contributed by atoms with Crippen LogP contribution in [0.15, 0.2) is 47.6 Å². The van der Waals surface area contributed by atoms with E-state index in [4.69, 9.17) is 4.74 Å². The minimum Gasteiger partial charge on any atom is -0.477 e. The summed E-state index contributed by atoms with van der Waals surface area (Å²) >= 11 is 0. The minimum absolute atomic E-state index is 0.0292. The van der Waals surface area contributed by atoms with E-state index < -0.39 is 22.4 Å². The van der Waals surface area contributed by atoms with Gasteiger partial charge in [-0.15, -0.1) is 0 Å². The topological polar surface area (TPSA) is 137 Å². The number of non-ortho nitro benzene ring substituents is 1. The van der Waals surface area contributed by atoms with Gasteiger partial charge in [0.2, 0.25) is 0 Å². The van der Waals surface area contributed by atoms with Crippen LogP contribution in [0, 0.1) is 27.2 Å². The Labute approximate surface area is 147 Å². The predicted octanol–water partition coefficient (Wildman–Crippen LogP) is 2.34. The maximum absolute atomic E-state index is 11.7. The maximum Gasteiger partial charge on any atom is 0.311 e. The molecular weight excluding hydrogens is 344 g/mol. The number of hydrogen-bond acceptors (Lipinski definition) is 7. The van der Waals surface area contributed by atoms with Crippen molar-refractivity contribution in [2.45, 2.75) is 6.92 Å². The second kappa shape index (κ2) is 8.33. The van der Waals surface area contributed by atoms with Gasteiger partial charge in [0.1, 0.15) is 0 Å². The SMILES string of the molecule is Cc1ccc(OCC(=O)NN=Cc2cccc([N+](=O)[O-])c2)c([N+](=O)[O-])c1. The van der Waals surface area contributed by atoms with Crippen molar-refractivity contribution in [1.82, 2.24) is 5.43 Å². The van der Waals surface area contributed by atoms with Gasteiger partial charge in [0, 0.05) is 23.8 Å². The van der Waals surface area contributed by atoms with Gasteiger partial charge in [-0.05, 0) is 18.6 Å². The van der Waals surface area contributed by atoms with Crippen molar-refractivity contribution in [3.63, 3.8) is 0 Å². The smallest absolute Gasteiger partial charge is 0.311 e. The molecule has 0 saturated carbocycles. The molecule has 0 heterocycles. The number of ether oxygens (including phenoxy) is 1. The van der Waals surface area contributed by atoms with E-state index >= 15 is 0 Å². The quantitative estimate of drug-likeness (QED) is 0.458. The van der Waals surface area contributed by atoms with Crippen molar-refractivity contribution < 1.29 is 19.4 Å². The predicted molar refractivity (Wildman–Crippen MR) is 92.2 cm³/mol. The average molecular weight is 358 g/mol. The third-order valence-electron chi connectivity index (χ3n) is 3.15. The normalized spacial score (nSPS) is 10.5. The van der Waals surface area contributed by atoms with E-state index in [-0.39, 0.29) is 17.1 Å². The number of amides is 1. The zero-order valence-electron chi connectivity index (χ0n) is 13.6. The molecular formula is C16H14N4O6. The number of nitrogens with one attached hydrogen (secondary N) is 1. The molecule has 0 spiro atoms. The van der Waals surface area contributed by atoms with Gasteiger partial charge in [-0.25, -0.2) is 5.43 Å². The summed E-state index contributed by atoms with van der Waals surface area (Å²) in [6, 6.07) is 10.1. The van der Waals surface area contributed by atoms with Gasteiger partial charge < -0.3 is 4.74 Å². The van der Waals surface area contributed by atoms with Crippen LogP contribution in [0.2, 0.25) is 0 Å². The number of rotatable bonds is 7. The molecule has 10 heteroatoms. The van der Waals surface area contributed by atoms with Crippen molar-refractivity contribution >= 4 is 23.5 Å². The lowest BCUT2D eigenvalue weighted by molar-refractivity contribution is -0.385. The second-order valence-corrected chi connectivity index (χ2v) is 5.16. The molecule has 10 nitrogen and oxygen atoms in total. The third-order valence-corrected chi connectivity index (χ3v) is 3.15. The molecule has 0 unspecified atom stereocenters. The van der Waals surface area contributed by atoms with Crippen LogP contribution in [-0.4, -0.2) is 28.6 Å². The fraction of sp³-hybridized carbons (Fsp3) is 0.125. The highest BCUT2D eigenvalue weighted by atomic mass is 16.6. The van der Waals surface area contributed by atoms with Gasteiger partial charge >= 0.3 is 5.69 Å². The van der Waals surface area contributed by atoms with Crippen LogP contribution >= 0.6 is 0 Å². The van der Waals surface area contributed by atoms with E-state index in [1.165, 1.54) is 36.5 Å². The van der Waals surface area contributed by atoms with Gasteiger partial charge in [0.25, 0.3) is 11.6 Å². The summed E-state index contributed by atoms with van der Waals surface area (Å²) in [4.78, 5) is 32.2. The van der Waals surface area contributed by atoms with Crippen LogP contribution in [0.3, 0.4) is 0 Å². The molecule has 0 aliphatic carbocycles. The average Bonchev–Trinajstić information content (AvgIpc) is 2.60. The first-order chi connectivity index (χ1) is 12.4. The molecule has 0 saturated heterocycles. The van der Waals surface area contributed by atoms with Crippen molar-refractivity contribution in [2.24, 2.45) is 5.10 Å². The highest BCUT2D eigenvalue weighted by Crippen LogP contribution is 2.27. The fourth-order valence-corrected chi connectivity index (χ4v) is 1.97. The third kappa shape index (κ3) is 5.09. The molecule has 134 valence electrons. The van der Waals surface area contributed by atoms with Crippen LogP contribution in [0.5, 0.6) is 5.75 Å². The van der Waals surface area contributed by atoms with E-state index in [2.05, 4.69) is 10.5 Å². The summed E-state index contributed by atoms with van der Waals surface area (Å²) in [7, 11) is 0. The number of carbonyl (C=O) groups is 1. The molecule has 0 bridgehead atoms. The lowest BCUT2D eigenvalue weighted by Gasteiger charge is -2.06. The Morgan fingerprint density at radius 2 is 1.96 bits per heavy atom. The van der Waals surface area contributed by atoms with Gasteiger partial charge in [-0.1, -0.05) is 18.2 Å². The number of benzene rings is 2. The van der Waals surface area contributed by atoms with Crippen molar-refractivity contribution in [3.05, 3.63) is 73.8 Å². The number of hydrazone groups is 1. The Balaban J connectivity index is 1.93. The molecule has 1 N–H and O–H groups in total. The Hall–Kier alpha value is -3.82. The van der Waals surface area contributed by atoms with E-state index in [1.807, 2.05) is 0 Å². The van der Waals surface area contributed by atoms with Crippen LogP contribution in [0.25, 0.3) is 0 Å². The standard InChI is InChI=1S/C16H14N4O6/c1-11-5-6-15(14(7-11)20(24)25)26-10-16(21)18-17-9-12-3-2-4-13(8-12)19(22)23/h2-9H,10H2,1H3,(H,18,21). The first-order valence-electron chi connectivity index (χ1n) is 7.31. The highest BCUT2D eigenvalue weighted by molar-refractivity contribution is 5.83. The number of nitro groups is 2. The van der Waals surface area contributed by atoms with E-state index in [0.717, 1.165) is 0 Å². The number of aryl methyl sites for hydroxylation is 1. The van der Waals surface area contributed by atoms with Crippen molar-refractivity contribution in [3.8, 4) is 5.75 Å². The number of nitrogens with zero attached hydrogens (tertiary/aromatic N) is 3. The molecule has 26 heavy (non-hydrogen) atoms. The van der Waals surface area contributed by atoms with Crippen LogP contribution in [0.1, 0.15) is 11.1 Å². The second-order valence-electron chi connectivity index (χ2n) is 5.16. The zero-order chi connectivity index (χ0) is 19.1. The maximum atomic E-state index is 11.7. The molecule has 2 rings (SSSR count). The molecule has 2 aromatic carbocycles. The van der Waals surface area contributed by atoms with Crippen LogP contribution < -0.4 is 10.2 Å².